The van der Waals surface area contributed by atoms with Crippen LogP contribution >= 0.6 is 11.3 Å². The second-order valence-electron chi connectivity index (χ2n) is 6.44. The Kier molecular flexibility index (Phi) is 5.88. The van der Waals surface area contributed by atoms with Crippen molar-refractivity contribution in [1.29, 1.82) is 0 Å². The SMILES string of the molecule is CCC1(CO)CCN(CC(=O)Nc2nnc(C(C)C)s2)CC1. The predicted octanol–water partition coefficient (Wildman–Crippen LogP) is 2.08. The summed E-state index contributed by atoms with van der Waals surface area (Å²) in [5.74, 6) is 0.283. The number of piperidine rings is 1. The number of nitrogens with one attached hydrogen (secondary N) is 1. The molecule has 1 saturated heterocycles. The van der Waals surface area contributed by atoms with E-state index in [1.165, 1.54) is 11.3 Å². The van der Waals surface area contributed by atoms with Gasteiger partial charge in [-0.2, -0.15) is 0 Å². The Morgan fingerprint density at radius 3 is 2.59 bits per heavy atom. The summed E-state index contributed by atoms with van der Waals surface area (Å²) < 4.78 is 0. The van der Waals surface area contributed by atoms with E-state index in [1.54, 1.807) is 0 Å². The summed E-state index contributed by atoms with van der Waals surface area (Å²) in [6.45, 7) is 8.57. The van der Waals surface area contributed by atoms with E-state index in [-0.39, 0.29) is 17.9 Å². The first-order valence-corrected chi connectivity index (χ1v) is 8.76. The van der Waals surface area contributed by atoms with Crippen molar-refractivity contribution in [2.45, 2.75) is 46.0 Å². The van der Waals surface area contributed by atoms with E-state index in [0.29, 0.717) is 17.6 Å². The van der Waals surface area contributed by atoms with Crippen LogP contribution in [0.3, 0.4) is 0 Å². The average Bonchev–Trinajstić information content (AvgIpc) is 2.97. The Hall–Kier alpha value is -1.05. The van der Waals surface area contributed by atoms with Crippen LogP contribution < -0.4 is 5.32 Å². The highest BCUT2D eigenvalue weighted by molar-refractivity contribution is 7.15. The standard InChI is InChI=1S/C15H26N4O2S/c1-4-15(10-20)5-7-19(8-6-15)9-12(21)16-14-18-17-13(22-14)11(2)3/h11,20H,4-10H2,1-3H3,(H,16,18,21). The third-order valence-electron chi connectivity index (χ3n) is 4.55. The van der Waals surface area contributed by atoms with Gasteiger partial charge in [-0.05, 0) is 37.8 Å². The molecular formula is C15H26N4O2S. The average molecular weight is 326 g/mol. The Balaban J connectivity index is 1.80. The smallest absolute Gasteiger partial charge is 0.240 e. The van der Waals surface area contributed by atoms with E-state index in [0.717, 1.165) is 37.4 Å². The van der Waals surface area contributed by atoms with Crippen LogP contribution in [0.15, 0.2) is 0 Å². The van der Waals surface area contributed by atoms with Gasteiger partial charge < -0.3 is 5.11 Å². The van der Waals surface area contributed by atoms with Crippen LogP contribution in [-0.4, -0.2) is 52.4 Å². The molecule has 2 rings (SSSR count). The number of aromatic nitrogens is 2. The van der Waals surface area contributed by atoms with E-state index in [2.05, 4.69) is 41.2 Å². The zero-order chi connectivity index (χ0) is 16.2. The number of hydrogen-bond donors (Lipinski definition) is 2. The third kappa shape index (κ3) is 4.24. The summed E-state index contributed by atoms with van der Waals surface area (Å²) in [6, 6.07) is 0. The van der Waals surface area contributed by atoms with Gasteiger partial charge in [0.15, 0.2) is 0 Å². The molecule has 0 spiro atoms. The molecule has 0 aromatic carbocycles. The number of carbonyl (C=O) groups is 1. The number of anilines is 1. The van der Waals surface area contributed by atoms with Gasteiger partial charge in [0.1, 0.15) is 5.01 Å². The maximum Gasteiger partial charge on any atom is 0.240 e. The molecule has 1 aromatic rings. The zero-order valence-electron chi connectivity index (χ0n) is 13.6. The predicted molar refractivity (Wildman–Crippen MR) is 88.1 cm³/mol. The Morgan fingerprint density at radius 1 is 1.41 bits per heavy atom. The van der Waals surface area contributed by atoms with E-state index >= 15 is 0 Å². The first-order valence-electron chi connectivity index (χ1n) is 7.94. The van der Waals surface area contributed by atoms with Gasteiger partial charge in [-0.3, -0.25) is 15.0 Å². The number of aliphatic hydroxyl groups excluding tert-OH is 1. The monoisotopic (exact) mass is 326 g/mol. The van der Waals surface area contributed by atoms with Crippen molar-refractivity contribution in [1.82, 2.24) is 15.1 Å². The van der Waals surface area contributed by atoms with Gasteiger partial charge in [0.2, 0.25) is 11.0 Å². The second-order valence-corrected chi connectivity index (χ2v) is 7.45. The molecule has 6 nitrogen and oxygen atoms in total. The molecule has 124 valence electrons. The largest absolute Gasteiger partial charge is 0.396 e. The molecule has 1 aromatic heterocycles. The zero-order valence-corrected chi connectivity index (χ0v) is 14.4. The van der Waals surface area contributed by atoms with Crippen molar-refractivity contribution >= 4 is 22.4 Å². The van der Waals surface area contributed by atoms with E-state index in [1.807, 2.05) is 0 Å². The normalized spacial score (nSPS) is 18.6. The number of likely N-dealkylation sites (tertiary alicyclic amines) is 1. The highest BCUT2D eigenvalue weighted by Crippen LogP contribution is 2.34. The van der Waals surface area contributed by atoms with E-state index < -0.39 is 0 Å². The van der Waals surface area contributed by atoms with Crippen molar-refractivity contribution in [3.8, 4) is 0 Å². The van der Waals surface area contributed by atoms with Crippen LogP contribution in [0.4, 0.5) is 5.13 Å². The van der Waals surface area contributed by atoms with Crippen LogP contribution in [-0.2, 0) is 4.79 Å². The van der Waals surface area contributed by atoms with Crippen LogP contribution in [0.5, 0.6) is 0 Å². The van der Waals surface area contributed by atoms with Gasteiger partial charge in [-0.1, -0.05) is 32.1 Å². The highest BCUT2D eigenvalue weighted by Gasteiger charge is 2.32. The molecule has 0 aliphatic carbocycles. The van der Waals surface area contributed by atoms with E-state index in [4.69, 9.17) is 0 Å². The van der Waals surface area contributed by atoms with Crippen LogP contribution in [0.25, 0.3) is 0 Å². The lowest BCUT2D eigenvalue weighted by atomic mass is 9.77. The molecule has 7 heteroatoms. The molecule has 0 atom stereocenters. The second kappa shape index (κ2) is 7.48. The first-order chi connectivity index (χ1) is 10.5. The van der Waals surface area contributed by atoms with Gasteiger partial charge in [0, 0.05) is 12.5 Å². The van der Waals surface area contributed by atoms with Crippen LogP contribution in [0, 0.1) is 5.41 Å². The Morgan fingerprint density at radius 2 is 2.09 bits per heavy atom. The lowest BCUT2D eigenvalue weighted by Gasteiger charge is -2.39. The molecule has 1 amide bonds. The minimum atomic E-state index is -0.0422. The molecule has 22 heavy (non-hydrogen) atoms. The Labute approximate surface area is 135 Å². The minimum absolute atomic E-state index is 0.0422. The van der Waals surface area contributed by atoms with Crippen molar-refractivity contribution in [2.75, 3.05) is 31.6 Å². The fourth-order valence-corrected chi connectivity index (χ4v) is 3.45. The van der Waals surface area contributed by atoms with E-state index in [9.17, 15) is 9.90 Å². The molecule has 0 bridgehead atoms. The maximum atomic E-state index is 12.1. The molecule has 1 fully saturated rings. The Bertz CT molecular complexity index is 489. The fraction of sp³-hybridized carbons (Fsp3) is 0.800. The van der Waals surface area contributed by atoms with Gasteiger partial charge in [0.25, 0.3) is 0 Å². The van der Waals surface area contributed by atoms with Crippen LogP contribution in [0.2, 0.25) is 0 Å². The molecule has 1 aliphatic heterocycles. The van der Waals surface area contributed by atoms with Crippen molar-refractivity contribution in [3.63, 3.8) is 0 Å². The molecule has 0 unspecified atom stereocenters. The summed E-state index contributed by atoms with van der Waals surface area (Å²) in [5.41, 5.74) is 0.0539. The summed E-state index contributed by atoms with van der Waals surface area (Å²) in [4.78, 5) is 14.2. The lowest BCUT2D eigenvalue weighted by Crippen LogP contribution is -2.44. The molecule has 2 N–H and O–H groups in total. The summed E-state index contributed by atoms with van der Waals surface area (Å²) in [5, 5.41) is 21.9. The number of rotatable bonds is 6. The number of carbonyl (C=O) groups excluding carboxylic acids is 1. The quantitative estimate of drug-likeness (QED) is 0.837. The van der Waals surface area contributed by atoms with Crippen molar-refractivity contribution in [3.05, 3.63) is 5.01 Å². The van der Waals surface area contributed by atoms with Crippen LogP contribution in [0.1, 0.15) is 51.0 Å². The topological polar surface area (TPSA) is 78.4 Å². The number of hydrogen-bond acceptors (Lipinski definition) is 6. The number of nitrogens with zero attached hydrogens (tertiary/aromatic N) is 3. The fourth-order valence-electron chi connectivity index (χ4n) is 2.69. The minimum Gasteiger partial charge on any atom is -0.396 e. The van der Waals surface area contributed by atoms with Crippen molar-refractivity contribution in [2.24, 2.45) is 5.41 Å². The third-order valence-corrected chi connectivity index (χ3v) is 5.69. The molecule has 2 heterocycles. The van der Waals surface area contributed by atoms with Gasteiger partial charge in [-0.25, -0.2) is 0 Å². The van der Waals surface area contributed by atoms with Gasteiger partial charge in [-0.15, -0.1) is 10.2 Å². The lowest BCUT2D eigenvalue weighted by molar-refractivity contribution is -0.118. The summed E-state index contributed by atoms with van der Waals surface area (Å²) in [7, 11) is 0. The highest BCUT2D eigenvalue weighted by atomic mass is 32.1. The maximum absolute atomic E-state index is 12.1. The van der Waals surface area contributed by atoms with Gasteiger partial charge in [0.05, 0.1) is 6.54 Å². The van der Waals surface area contributed by atoms with Gasteiger partial charge >= 0.3 is 0 Å². The molecule has 0 saturated carbocycles. The molecule has 1 aliphatic rings. The number of amides is 1. The molecular weight excluding hydrogens is 300 g/mol. The summed E-state index contributed by atoms with van der Waals surface area (Å²) in [6.07, 6.45) is 2.89. The molecule has 0 radical (unpaired) electrons. The first kappa shape index (κ1) is 17.3. The van der Waals surface area contributed by atoms with Crippen molar-refractivity contribution < 1.29 is 9.90 Å². The summed E-state index contributed by atoms with van der Waals surface area (Å²) >= 11 is 1.43. The number of aliphatic hydroxyl groups is 1.